The van der Waals surface area contributed by atoms with Gasteiger partial charge >= 0.3 is 11.9 Å². The third-order valence-corrected chi connectivity index (χ3v) is 2.80. The normalized spacial score (nSPS) is 13.8. The molecule has 6 nitrogen and oxygen atoms in total. The Kier molecular flexibility index (Phi) is 4.83. The highest BCUT2D eigenvalue weighted by atomic mass is 79.9. The Labute approximate surface area is 111 Å². The third kappa shape index (κ3) is 3.06. The number of benzene rings is 1. The van der Waals surface area contributed by atoms with Crippen molar-refractivity contribution in [2.75, 3.05) is 7.11 Å². The van der Waals surface area contributed by atoms with Gasteiger partial charge < -0.3 is 20.1 Å². The first-order valence-corrected chi connectivity index (χ1v) is 5.64. The molecule has 2 unspecified atom stereocenters. The van der Waals surface area contributed by atoms with Crippen molar-refractivity contribution in [1.29, 1.82) is 0 Å². The van der Waals surface area contributed by atoms with Gasteiger partial charge in [0.2, 0.25) is 0 Å². The fraction of sp³-hybridized carbons (Fsp3) is 0.273. The second-order valence-electron chi connectivity index (χ2n) is 3.45. The number of carboxylic acids is 1. The highest BCUT2D eigenvalue weighted by Gasteiger charge is 2.29. The number of halogens is 1. The molecule has 0 fully saturated rings. The monoisotopic (exact) mass is 318 g/mol. The molecule has 0 aliphatic heterocycles. The first kappa shape index (κ1) is 14.6. The molecule has 0 radical (unpaired) electrons. The minimum atomic E-state index is -1.84. The fourth-order valence-electron chi connectivity index (χ4n) is 1.39. The smallest absolute Gasteiger partial charge is 0.337 e. The van der Waals surface area contributed by atoms with Crippen LogP contribution in [0.2, 0.25) is 0 Å². The van der Waals surface area contributed by atoms with Crippen LogP contribution in [0.25, 0.3) is 0 Å². The number of aliphatic hydroxyl groups is 2. The molecule has 0 aromatic heterocycles. The zero-order chi connectivity index (χ0) is 13.9. The largest absolute Gasteiger partial charge is 0.478 e. The molecule has 0 bridgehead atoms. The molecule has 0 spiro atoms. The van der Waals surface area contributed by atoms with Crippen molar-refractivity contribution in [2.45, 2.75) is 12.2 Å². The van der Waals surface area contributed by atoms with Crippen LogP contribution in [-0.2, 0) is 9.53 Å². The Morgan fingerprint density at radius 1 is 1.33 bits per heavy atom. The highest BCUT2D eigenvalue weighted by molar-refractivity contribution is 9.10. The van der Waals surface area contributed by atoms with E-state index in [2.05, 4.69) is 20.7 Å². The number of aliphatic hydroxyl groups excluding tert-OH is 2. The summed E-state index contributed by atoms with van der Waals surface area (Å²) in [6.07, 6.45) is -3.51. The first-order chi connectivity index (χ1) is 8.38. The van der Waals surface area contributed by atoms with Gasteiger partial charge in [-0.3, -0.25) is 0 Å². The van der Waals surface area contributed by atoms with E-state index in [1.54, 1.807) is 0 Å². The molecule has 7 heteroatoms. The molecule has 0 aliphatic rings. The van der Waals surface area contributed by atoms with Crippen LogP contribution in [0.5, 0.6) is 0 Å². The molecule has 0 aliphatic carbocycles. The Balaban J connectivity index is 3.16. The minimum absolute atomic E-state index is 0.0661. The Morgan fingerprint density at radius 2 is 1.94 bits per heavy atom. The number of carbonyl (C=O) groups is 2. The maximum Gasteiger partial charge on any atom is 0.337 e. The van der Waals surface area contributed by atoms with Crippen molar-refractivity contribution in [3.63, 3.8) is 0 Å². The number of hydrogen-bond acceptors (Lipinski definition) is 5. The summed E-state index contributed by atoms with van der Waals surface area (Å²) in [6.45, 7) is 0. The lowest BCUT2D eigenvalue weighted by Gasteiger charge is -2.17. The van der Waals surface area contributed by atoms with Crippen molar-refractivity contribution in [1.82, 2.24) is 0 Å². The van der Waals surface area contributed by atoms with Crippen molar-refractivity contribution in [2.24, 2.45) is 0 Å². The van der Waals surface area contributed by atoms with Gasteiger partial charge in [0.05, 0.1) is 12.7 Å². The summed E-state index contributed by atoms with van der Waals surface area (Å²) < 4.78 is 4.78. The molecular weight excluding hydrogens is 308 g/mol. The molecule has 3 N–H and O–H groups in total. The molecule has 98 valence electrons. The van der Waals surface area contributed by atoms with Gasteiger partial charge in [-0.1, -0.05) is 22.0 Å². The van der Waals surface area contributed by atoms with Crippen LogP contribution in [0.15, 0.2) is 22.7 Å². The Hall–Kier alpha value is -1.44. The molecule has 0 saturated heterocycles. The number of ether oxygens (including phenoxy) is 1. The number of methoxy groups -OCH3 is 1. The summed E-state index contributed by atoms with van der Waals surface area (Å²) in [5, 5.41) is 28.3. The molecule has 2 atom stereocenters. The van der Waals surface area contributed by atoms with E-state index in [1.165, 1.54) is 18.2 Å². The Bertz CT molecular complexity index is 473. The summed E-state index contributed by atoms with van der Waals surface area (Å²) >= 11 is 3.09. The van der Waals surface area contributed by atoms with Gasteiger partial charge in [0.15, 0.2) is 6.10 Å². The number of rotatable bonds is 4. The van der Waals surface area contributed by atoms with Crippen molar-refractivity contribution in [3.05, 3.63) is 33.8 Å². The maximum atomic E-state index is 11.1. The highest BCUT2D eigenvalue weighted by Crippen LogP contribution is 2.25. The zero-order valence-corrected chi connectivity index (χ0v) is 10.9. The molecular formula is C11H11BrO6. The van der Waals surface area contributed by atoms with Crippen molar-refractivity contribution >= 4 is 27.9 Å². The molecule has 18 heavy (non-hydrogen) atoms. The quantitative estimate of drug-likeness (QED) is 0.706. The topological polar surface area (TPSA) is 104 Å². The third-order valence-electron chi connectivity index (χ3n) is 2.31. The van der Waals surface area contributed by atoms with Crippen LogP contribution < -0.4 is 0 Å². The second kappa shape index (κ2) is 5.94. The number of carbonyl (C=O) groups excluding carboxylic acids is 1. The second-order valence-corrected chi connectivity index (χ2v) is 4.37. The average Bonchev–Trinajstić information content (AvgIpc) is 2.35. The molecule has 0 heterocycles. The number of esters is 1. The van der Waals surface area contributed by atoms with Crippen molar-refractivity contribution in [3.8, 4) is 0 Å². The molecule has 1 aromatic carbocycles. The van der Waals surface area contributed by atoms with Gasteiger partial charge in [0.25, 0.3) is 0 Å². The summed E-state index contributed by atoms with van der Waals surface area (Å²) in [6, 6.07) is 4.07. The molecule has 1 rings (SSSR count). The lowest BCUT2D eigenvalue weighted by Crippen LogP contribution is -2.30. The van der Waals surface area contributed by atoms with E-state index < -0.39 is 24.1 Å². The summed E-state index contributed by atoms with van der Waals surface area (Å²) in [7, 11) is 1.05. The van der Waals surface area contributed by atoms with Gasteiger partial charge in [0, 0.05) is 4.47 Å². The van der Waals surface area contributed by atoms with Crippen LogP contribution in [0.1, 0.15) is 22.0 Å². The number of aromatic carboxylic acids is 1. The predicted octanol–water partition coefficient (Wildman–Crippen LogP) is 0.715. The lowest BCUT2D eigenvalue weighted by molar-refractivity contribution is -0.156. The number of carboxylic acid groups (broad SMARTS) is 1. The zero-order valence-electron chi connectivity index (χ0n) is 9.33. The van der Waals surface area contributed by atoms with Gasteiger partial charge in [0.1, 0.15) is 6.10 Å². The lowest BCUT2D eigenvalue weighted by atomic mass is 9.98. The molecule has 0 amide bonds. The minimum Gasteiger partial charge on any atom is -0.478 e. The van der Waals surface area contributed by atoms with Gasteiger partial charge in [-0.05, 0) is 17.7 Å². The SMILES string of the molecule is COC(=O)C(O)C(O)c1ccc(Br)cc1C(=O)O. The number of hydrogen-bond donors (Lipinski definition) is 3. The van der Waals surface area contributed by atoms with Gasteiger partial charge in [-0.25, -0.2) is 9.59 Å². The van der Waals surface area contributed by atoms with E-state index in [9.17, 15) is 19.8 Å². The summed E-state index contributed by atoms with van der Waals surface area (Å²) in [5.74, 6) is -2.32. The van der Waals surface area contributed by atoms with E-state index in [4.69, 9.17) is 5.11 Å². The van der Waals surface area contributed by atoms with Crippen LogP contribution in [0, 0.1) is 0 Å². The first-order valence-electron chi connectivity index (χ1n) is 4.85. The molecule has 0 saturated carbocycles. The van der Waals surface area contributed by atoms with Crippen LogP contribution in [-0.4, -0.2) is 40.5 Å². The predicted molar refractivity (Wildman–Crippen MR) is 64.1 cm³/mol. The van der Waals surface area contributed by atoms with Gasteiger partial charge in [-0.15, -0.1) is 0 Å². The van der Waals surface area contributed by atoms with Crippen LogP contribution in [0.4, 0.5) is 0 Å². The van der Waals surface area contributed by atoms with Crippen LogP contribution >= 0.6 is 15.9 Å². The summed E-state index contributed by atoms with van der Waals surface area (Å²) in [4.78, 5) is 22.1. The van der Waals surface area contributed by atoms with E-state index in [-0.39, 0.29) is 11.1 Å². The van der Waals surface area contributed by atoms with E-state index in [1.807, 2.05) is 0 Å². The standard InChI is InChI=1S/C11H11BrO6/c1-18-11(17)9(14)8(13)6-3-2-5(12)4-7(6)10(15)16/h2-4,8-9,13-14H,1H3,(H,15,16). The maximum absolute atomic E-state index is 11.1. The van der Waals surface area contributed by atoms with Crippen LogP contribution in [0.3, 0.4) is 0 Å². The average molecular weight is 319 g/mol. The van der Waals surface area contributed by atoms with E-state index >= 15 is 0 Å². The molecule has 1 aromatic rings. The van der Waals surface area contributed by atoms with E-state index in [0.29, 0.717) is 4.47 Å². The van der Waals surface area contributed by atoms with E-state index in [0.717, 1.165) is 7.11 Å². The Morgan fingerprint density at radius 3 is 2.44 bits per heavy atom. The van der Waals surface area contributed by atoms with Crippen molar-refractivity contribution < 1.29 is 29.6 Å². The fourth-order valence-corrected chi connectivity index (χ4v) is 1.75. The van der Waals surface area contributed by atoms with Gasteiger partial charge in [-0.2, -0.15) is 0 Å². The summed E-state index contributed by atoms with van der Waals surface area (Å²) in [5.41, 5.74) is -0.275.